The Bertz CT molecular complexity index is 394. The number of nitrogens with one attached hydrogen (secondary N) is 1. The standard InChI is InChI=1S/C13H22N4/c1-3-11(10-6-7-10)14-9(2)13-16-15-12-5-4-8-17(12)13/h9-11,14H,3-8H2,1-2H3. The van der Waals surface area contributed by atoms with E-state index in [1.165, 1.54) is 31.5 Å². The molecule has 1 saturated carbocycles. The minimum Gasteiger partial charge on any atom is -0.314 e. The highest BCUT2D eigenvalue weighted by atomic mass is 15.3. The van der Waals surface area contributed by atoms with E-state index in [4.69, 9.17) is 0 Å². The molecule has 1 fully saturated rings. The fraction of sp³-hybridized carbons (Fsp3) is 0.846. The minimum atomic E-state index is 0.333. The third-order valence-corrected chi connectivity index (χ3v) is 4.12. The average molecular weight is 234 g/mol. The molecule has 0 saturated heterocycles. The van der Waals surface area contributed by atoms with Crippen molar-refractivity contribution in [3.63, 3.8) is 0 Å². The second kappa shape index (κ2) is 4.41. The quantitative estimate of drug-likeness (QED) is 0.848. The van der Waals surface area contributed by atoms with E-state index in [1.807, 2.05) is 0 Å². The SMILES string of the molecule is CCC(NC(C)c1nnc2n1CCC2)C1CC1. The molecule has 2 atom stereocenters. The van der Waals surface area contributed by atoms with Crippen LogP contribution in [0.15, 0.2) is 0 Å². The molecule has 1 aliphatic carbocycles. The zero-order valence-corrected chi connectivity index (χ0v) is 10.8. The van der Waals surface area contributed by atoms with Crippen molar-refractivity contribution in [1.82, 2.24) is 20.1 Å². The summed E-state index contributed by atoms with van der Waals surface area (Å²) in [6.07, 6.45) is 6.34. The summed E-state index contributed by atoms with van der Waals surface area (Å²) < 4.78 is 2.30. The third-order valence-electron chi connectivity index (χ3n) is 4.12. The molecule has 0 aromatic carbocycles. The lowest BCUT2D eigenvalue weighted by Crippen LogP contribution is -2.34. The van der Waals surface area contributed by atoms with Crippen molar-refractivity contribution in [1.29, 1.82) is 0 Å². The predicted molar refractivity (Wildman–Crippen MR) is 66.7 cm³/mol. The van der Waals surface area contributed by atoms with E-state index < -0.39 is 0 Å². The molecule has 2 heterocycles. The van der Waals surface area contributed by atoms with Gasteiger partial charge in [0.15, 0.2) is 0 Å². The number of fused-ring (bicyclic) bond motifs is 1. The van der Waals surface area contributed by atoms with Gasteiger partial charge in [0.1, 0.15) is 11.6 Å². The second-order valence-electron chi connectivity index (χ2n) is 5.47. The van der Waals surface area contributed by atoms with E-state index in [0.29, 0.717) is 12.1 Å². The molecule has 4 heteroatoms. The molecule has 0 spiro atoms. The largest absolute Gasteiger partial charge is 0.314 e. The van der Waals surface area contributed by atoms with E-state index in [2.05, 4.69) is 33.9 Å². The third kappa shape index (κ3) is 2.10. The Morgan fingerprint density at radius 3 is 2.94 bits per heavy atom. The van der Waals surface area contributed by atoms with Crippen LogP contribution in [-0.4, -0.2) is 20.8 Å². The van der Waals surface area contributed by atoms with E-state index >= 15 is 0 Å². The maximum atomic E-state index is 4.36. The molecule has 0 amide bonds. The summed E-state index contributed by atoms with van der Waals surface area (Å²) in [6.45, 7) is 5.60. The predicted octanol–water partition coefficient (Wildman–Crippen LogP) is 2.06. The van der Waals surface area contributed by atoms with Gasteiger partial charge in [-0.3, -0.25) is 0 Å². The van der Waals surface area contributed by atoms with Crippen molar-refractivity contribution < 1.29 is 0 Å². The first-order chi connectivity index (χ1) is 8.29. The van der Waals surface area contributed by atoms with E-state index in [-0.39, 0.29) is 0 Å². The lowest BCUT2D eigenvalue weighted by molar-refractivity contribution is 0.388. The van der Waals surface area contributed by atoms with Crippen LogP contribution in [0.4, 0.5) is 0 Å². The Kier molecular flexibility index (Phi) is 2.90. The Labute approximate surface area is 103 Å². The van der Waals surface area contributed by atoms with Crippen LogP contribution in [0, 0.1) is 5.92 Å². The Hall–Kier alpha value is -0.900. The molecule has 1 aromatic rings. The number of hydrogen-bond donors (Lipinski definition) is 1. The monoisotopic (exact) mass is 234 g/mol. The lowest BCUT2D eigenvalue weighted by Gasteiger charge is -2.21. The van der Waals surface area contributed by atoms with Gasteiger partial charge in [-0.1, -0.05) is 6.92 Å². The summed E-state index contributed by atoms with van der Waals surface area (Å²) in [7, 11) is 0. The average Bonchev–Trinajstić information content (AvgIpc) is 2.91. The van der Waals surface area contributed by atoms with Crippen molar-refractivity contribution in [2.75, 3.05) is 0 Å². The van der Waals surface area contributed by atoms with Gasteiger partial charge in [0.2, 0.25) is 0 Å². The Morgan fingerprint density at radius 2 is 2.24 bits per heavy atom. The summed E-state index contributed by atoms with van der Waals surface area (Å²) in [4.78, 5) is 0. The molecule has 3 rings (SSSR count). The van der Waals surface area contributed by atoms with Crippen LogP contribution in [0.25, 0.3) is 0 Å². The first-order valence-electron chi connectivity index (χ1n) is 6.97. The maximum absolute atomic E-state index is 4.36. The molecule has 1 N–H and O–H groups in total. The van der Waals surface area contributed by atoms with Crippen LogP contribution in [-0.2, 0) is 13.0 Å². The number of rotatable bonds is 5. The van der Waals surface area contributed by atoms with Gasteiger partial charge in [-0.25, -0.2) is 0 Å². The zero-order chi connectivity index (χ0) is 11.8. The van der Waals surface area contributed by atoms with Crippen LogP contribution in [0.1, 0.15) is 57.2 Å². The molecular weight excluding hydrogens is 212 g/mol. The van der Waals surface area contributed by atoms with Crippen LogP contribution >= 0.6 is 0 Å². The highest BCUT2D eigenvalue weighted by molar-refractivity contribution is 5.05. The summed E-state index contributed by atoms with van der Waals surface area (Å²) in [6, 6.07) is 0.999. The molecule has 2 unspecified atom stereocenters. The van der Waals surface area contributed by atoms with Crippen LogP contribution in [0.2, 0.25) is 0 Å². The summed E-state index contributed by atoms with van der Waals surface area (Å²) in [5, 5.41) is 12.4. The lowest BCUT2D eigenvalue weighted by atomic mass is 10.1. The summed E-state index contributed by atoms with van der Waals surface area (Å²) in [5.74, 6) is 3.22. The van der Waals surface area contributed by atoms with Crippen molar-refractivity contribution in [3.8, 4) is 0 Å². The van der Waals surface area contributed by atoms with Crippen molar-refractivity contribution >= 4 is 0 Å². The van der Waals surface area contributed by atoms with Gasteiger partial charge < -0.3 is 9.88 Å². The molecule has 1 aromatic heterocycles. The van der Waals surface area contributed by atoms with E-state index in [0.717, 1.165) is 24.7 Å². The van der Waals surface area contributed by atoms with Gasteiger partial charge in [0, 0.05) is 19.0 Å². The number of hydrogen-bond acceptors (Lipinski definition) is 3. The molecule has 94 valence electrons. The van der Waals surface area contributed by atoms with Crippen molar-refractivity contribution in [2.24, 2.45) is 5.92 Å². The van der Waals surface area contributed by atoms with Crippen molar-refractivity contribution in [2.45, 2.75) is 64.6 Å². The van der Waals surface area contributed by atoms with Gasteiger partial charge in [-0.05, 0) is 38.5 Å². The fourth-order valence-electron chi connectivity index (χ4n) is 2.97. The smallest absolute Gasteiger partial charge is 0.149 e. The first kappa shape index (κ1) is 11.2. The Balaban J connectivity index is 1.70. The van der Waals surface area contributed by atoms with Gasteiger partial charge in [0.25, 0.3) is 0 Å². The summed E-state index contributed by atoms with van der Waals surface area (Å²) in [5.41, 5.74) is 0. The molecule has 4 nitrogen and oxygen atoms in total. The zero-order valence-electron chi connectivity index (χ0n) is 10.8. The topological polar surface area (TPSA) is 42.7 Å². The fourth-order valence-corrected chi connectivity index (χ4v) is 2.97. The van der Waals surface area contributed by atoms with Gasteiger partial charge in [-0.2, -0.15) is 0 Å². The molecule has 17 heavy (non-hydrogen) atoms. The maximum Gasteiger partial charge on any atom is 0.149 e. The molecule has 0 radical (unpaired) electrons. The van der Waals surface area contributed by atoms with E-state index in [1.54, 1.807) is 0 Å². The normalized spacial score (nSPS) is 22.5. The Morgan fingerprint density at radius 1 is 1.41 bits per heavy atom. The second-order valence-corrected chi connectivity index (χ2v) is 5.47. The van der Waals surface area contributed by atoms with Crippen molar-refractivity contribution in [3.05, 3.63) is 11.6 Å². The molecular formula is C13H22N4. The highest BCUT2D eigenvalue weighted by Crippen LogP contribution is 2.35. The minimum absolute atomic E-state index is 0.333. The van der Waals surface area contributed by atoms with E-state index in [9.17, 15) is 0 Å². The van der Waals surface area contributed by atoms with Crippen LogP contribution < -0.4 is 5.32 Å². The van der Waals surface area contributed by atoms with Gasteiger partial charge >= 0.3 is 0 Å². The molecule has 0 bridgehead atoms. The molecule has 2 aliphatic rings. The first-order valence-corrected chi connectivity index (χ1v) is 6.97. The molecule has 1 aliphatic heterocycles. The van der Waals surface area contributed by atoms with Crippen LogP contribution in [0.3, 0.4) is 0 Å². The summed E-state index contributed by atoms with van der Waals surface area (Å²) >= 11 is 0. The number of aryl methyl sites for hydroxylation is 1. The number of nitrogens with zero attached hydrogens (tertiary/aromatic N) is 3. The van der Waals surface area contributed by atoms with Gasteiger partial charge in [-0.15, -0.1) is 10.2 Å². The number of aromatic nitrogens is 3. The highest BCUT2D eigenvalue weighted by Gasteiger charge is 2.32. The van der Waals surface area contributed by atoms with Gasteiger partial charge in [0.05, 0.1) is 6.04 Å². The van der Waals surface area contributed by atoms with Crippen LogP contribution in [0.5, 0.6) is 0 Å².